The van der Waals surface area contributed by atoms with Crippen LogP contribution in [0.2, 0.25) is 0 Å². The number of hydrogen-bond acceptors (Lipinski definition) is 4. The number of carbonyl (C=O) groups is 1. The van der Waals surface area contributed by atoms with Gasteiger partial charge in [-0.1, -0.05) is 20.8 Å². The highest BCUT2D eigenvalue weighted by atomic mass is 16.5. The van der Waals surface area contributed by atoms with Crippen molar-refractivity contribution in [3.05, 3.63) is 36.0 Å². The lowest BCUT2D eigenvalue weighted by atomic mass is 9.92. The summed E-state index contributed by atoms with van der Waals surface area (Å²) in [7, 11) is 1.60. The Bertz CT molecular complexity index is 750. The monoisotopic (exact) mass is 359 g/mol. The van der Waals surface area contributed by atoms with Gasteiger partial charge in [-0.15, -0.1) is 0 Å². The molecule has 0 saturated carbocycles. The molecule has 0 unspecified atom stereocenters. The second kappa shape index (κ2) is 7.40. The van der Waals surface area contributed by atoms with E-state index in [1.807, 2.05) is 10.7 Å². The standard InChI is InChI=1S/C20H29N3O3/c1-19(2,3)16-12-17(23(22-16)20(4,5)6)21-18(24)13-26-15-10-8-14(25-7)9-11-15/h8-12H,13H2,1-7H3,(H,21,24). The molecule has 1 amide bonds. The Kier molecular flexibility index (Phi) is 5.64. The molecule has 0 fully saturated rings. The highest BCUT2D eigenvalue weighted by molar-refractivity contribution is 5.91. The van der Waals surface area contributed by atoms with E-state index in [4.69, 9.17) is 14.6 Å². The third-order valence-corrected chi connectivity index (χ3v) is 3.81. The van der Waals surface area contributed by atoms with Gasteiger partial charge in [-0.3, -0.25) is 4.79 Å². The van der Waals surface area contributed by atoms with Gasteiger partial charge in [0.05, 0.1) is 18.3 Å². The number of anilines is 1. The number of benzene rings is 1. The van der Waals surface area contributed by atoms with Gasteiger partial charge in [-0.2, -0.15) is 5.10 Å². The molecule has 1 N–H and O–H groups in total. The van der Waals surface area contributed by atoms with Crippen molar-refractivity contribution in [2.75, 3.05) is 19.0 Å². The summed E-state index contributed by atoms with van der Waals surface area (Å²) in [5.74, 6) is 1.80. The lowest BCUT2D eigenvalue weighted by Gasteiger charge is -2.23. The zero-order chi connectivity index (χ0) is 19.5. The normalized spacial score (nSPS) is 12.0. The second-order valence-corrected chi connectivity index (χ2v) is 8.26. The molecule has 0 radical (unpaired) electrons. The first-order chi connectivity index (χ1) is 12.0. The predicted octanol–water partition coefficient (Wildman–Crippen LogP) is 3.96. The topological polar surface area (TPSA) is 65.4 Å². The second-order valence-electron chi connectivity index (χ2n) is 8.26. The van der Waals surface area contributed by atoms with Crippen molar-refractivity contribution in [2.24, 2.45) is 0 Å². The van der Waals surface area contributed by atoms with Gasteiger partial charge in [0.15, 0.2) is 6.61 Å². The predicted molar refractivity (Wildman–Crippen MR) is 103 cm³/mol. The fraction of sp³-hybridized carbons (Fsp3) is 0.500. The van der Waals surface area contributed by atoms with E-state index in [1.165, 1.54) is 0 Å². The summed E-state index contributed by atoms with van der Waals surface area (Å²) in [6.45, 7) is 12.4. The number of nitrogens with zero attached hydrogens (tertiary/aromatic N) is 2. The minimum absolute atomic E-state index is 0.0769. The molecule has 0 aliphatic carbocycles. The van der Waals surface area contributed by atoms with Crippen LogP contribution in [-0.4, -0.2) is 29.4 Å². The van der Waals surface area contributed by atoms with E-state index in [1.54, 1.807) is 31.4 Å². The quantitative estimate of drug-likeness (QED) is 0.877. The summed E-state index contributed by atoms with van der Waals surface area (Å²) in [6, 6.07) is 9.04. The number of aromatic nitrogens is 2. The van der Waals surface area contributed by atoms with Crippen LogP contribution in [0.4, 0.5) is 5.82 Å². The van der Waals surface area contributed by atoms with E-state index in [2.05, 4.69) is 46.9 Å². The molecular formula is C20H29N3O3. The molecule has 0 aliphatic rings. The first-order valence-corrected chi connectivity index (χ1v) is 8.68. The van der Waals surface area contributed by atoms with Crippen molar-refractivity contribution in [2.45, 2.75) is 52.5 Å². The molecule has 0 bridgehead atoms. The Balaban J connectivity index is 2.08. The van der Waals surface area contributed by atoms with Crippen molar-refractivity contribution in [3.8, 4) is 11.5 Å². The van der Waals surface area contributed by atoms with Gasteiger partial charge in [0.2, 0.25) is 0 Å². The molecule has 26 heavy (non-hydrogen) atoms. The largest absolute Gasteiger partial charge is 0.497 e. The van der Waals surface area contributed by atoms with Gasteiger partial charge in [-0.05, 0) is 45.0 Å². The molecule has 2 aromatic rings. The van der Waals surface area contributed by atoms with Crippen molar-refractivity contribution >= 4 is 11.7 Å². The molecule has 0 saturated heterocycles. The number of rotatable bonds is 5. The van der Waals surface area contributed by atoms with E-state index < -0.39 is 0 Å². The molecule has 2 rings (SSSR count). The number of ether oxygens (including phenoxy) is 2. The fourth-order valence-electron chi connectivity index (χ4n) is 2.35. The number of carbonyl (C=O) groups excluding carboxylic acids is 1. The van der Waals surface area contributed by atoms with Crippen LogP contribution in [0.5, 0.6) is 11.5 Å². The van der Waals surface area contributed by atoms with Crippen LogP contribution in [0.25, 0.3) is 0 Å². The maximum atomic E-state index is 12.3. The Morgan fingerprint density at radius 1 is 1.08 bits per heavy atom. The summed E-state index contributed by atoms with van der Waals surface area (Å²) in [4.78, 5) is 12.3. The Hall–Kier alpha value is -2.50. The molecule has 1 aromatic heterocycles. The van der Waals surface area contributed by atoms with Gasteiger partial charge in [0.1, 0.15) is 17.3 Å². The summed E-state index contributed by atoms with van der Waals surface area (Å²) < 4.78 is 12.5. The van der Waals surface area contributed by atoms with E-state index in [-0.39, 0.29) is 23.5 Å². The third-order valence-electron chi connectivity index (χ3n) is 3.81. The Morgan fingerprint density at radius 3 is 2.15 bits per heavy atom. The van der Waals surface area contributed by atoms with Gasteiger partial charge >= 0.3 is 0 Å². The van der Waals surface area contributed by atoms with Gasteiger partial charge in [0.25, 0.3) is 5.91 Å². The van der Waals surface area contributed by atoms with Gasteiger partial charge < -0.3 is 14.8 Å². The molecular weight excluding hydrogens is 330 g/mol. The average molecular weight is 359 g/mol. The average Bonchev–Trinajstić information content (AvgIpc) is 2.98. The maximum absolute atomic E-state index is 12.3. The fourth-order valence-corrected chi connectivity index (χ4v) is 2.35. The zero-order valence-corrected chi connectivity index (χ0v) is 16.7. The van der Waals surface area contributed by atoms with Crippen molar-refractivity contribution in [1.29, 1.82) is 0 Å². The Labute approximate surface area is 155 Å². The van der Waals surface area contributed by atoms with Crippen LogP contribution in [0.15, 0.2) is 30.3 Å². The van der Waals surface area contributed by atoms with E-state index in [9.17, 15) is 4.79 Å². The van der Waals surface area contributed by atoms with Crippen LogP contribution in [0.3, 0.4) is 0 Å². The molecule has 0 aliphatic heterocycles. The van der Waals surface area contributed by atoms with Crippen molar-refractivity contribution in [1.82, 2.24) is 9.78 Å². The number of methoxy groups -OCH3 is 1. The first-order valence-electron chi connectivity index (χ1n) is 8.68. The van der Waals surface area contributed by atoms with Crippen LogP contribution in [0.1, 0.15) is 47.2 Å². The van der Waals surface area contributed by atoms with Crippen LogP contribution in [0, 0.1) is 0 Å². The van der Waals surface area contributed by atoms with Gasteiger partial charge in [-0.25, -0.2) is 4.68 Å². The lowest BCUT2D eigenvalue weighted by molar-refractivity contribution is -0.118. The van der Waals surface area contributed by atoms with E-state index >= 15 is 0 Å². The van der Waals surface area contributed by atoms with E-state index in [0.717, 1.165) is 11.4 Å². The summed E-state index contributed by atoms with van der Waals surface area (Å²) in [5, 5.41) is 7.60. The molecule has 1 aromatic carbocycles. The highest BCUT2D eigenvalue weighted by Gasteiger charge is 2.25. The smallest absolute Gasteiger partial charge is 0.263 e. The van der Waals surface area contributed by atoms with Gasteiger partial charge in [0, 0.05) is 11.5 Å². The molecule has 1 heterocycles. The maximum Gasteiger partial charge on any atom is 0.263 e. The molecule has 142 valence electrons. The minimum atomic E-state index is -0.247. The Morgan fingerprint density at radius 2 is 1.65 bits per heavy atom. The highest BCUT2D eigenvalue weighted by Crippen LogP contribution is 2.28. The van der Waals surface area contributed by atoms with Crippen LogP contribution in [-0.2, 0) is 15.7 Å². The number of nitrogens with one attached hydrogen (secondary N) is 1. The zero-order valence-electron chi connectivity index (χ0n) is 16.7. The van der Waals surface area contributed by atoms with E-state index in [0.29, 0.717) is 11.6 Å². The summed E-state index contributed by atoms with van der Waals surface area (Å²) >= 11 is 0. The SMILES string of the molecule is COc1ccc(OCC(=O)Nc2cc(C(C)(C)C)nn2C(C)(C)C)cc1. The molecule has 0 atom stereocenters. The van der Waals surface area contributed by atoms with Crippen molar-refractivity contribution < 1.29 is 14.3 Å². The third kappa shape index (κ3) is 5.00. The summed E-state index contributed by atoms with van der Waals surface area (Å²) in [6.07, 6.45) is 0. The minimum Gasteiger partial charge on any atom is -0.497 e. The first kappa shape index (κ1) is 19.8. The molecule has 6 nitrogen and oxygen atoms in total. The number of amides is 1. The summed E-state index contributed by atoms with van der Waals surface area (Å²) in [5.41, 5.74) is 0.581. The lowest BCUT2D eigenvalue weighted by Crippen LogP contribution is -2.28. The van der Waals surface area contributed by atoms with Crippen LogP contribution >= 0.6 is 0 Å². The van der Waals surface area contributed by atoms with Crippen molar-refractivity contribution in [3.63, 3.8) is 0 Å². The molecule has 6 heteroatoms. The molecule has 0 spiro atoms. The van der Waals surface area contributed by atoms with Crippen LogP contribution < -0.4 is 14.8 Å². The number of hydrogen-bond donors (Lipinski definition) is 1.